The largest absolute Gasteiger partial charge is 0.480 e. The van der Waals surface area contributed by atoms with Crippen LogP contribution in [0.5, 0.6) is 11.5 Å². The topological polar surface area (TPSA) is 120 Å². The molecule has 9 heteroatoms. The number of nitrogens with one attached hydrogen (secondary N) is 1. The number of ether oxygens (including phenoxy) is 3. The first kappa shape index (κ1) is 16.8. The van der Waals surface area contributed by atoms with Gasteiger partial charge >= 0.3 is 6.09 Å². The van der Waals surface area contributed by atoms with E-state index in [9.17, 15) is 9.59 Å². The van der Waals surface area contributed by atoms with Crippen molar-refractivity contribution in [3.63, 3.8) is 0 Å². The number of nitrogens with two attached hydrogens (primary N) is 1. The van der Waals surface area contributed by atoms with Gasteiger partial charge in [-0.15, -0.1) is 0 Å². The van der Waals surface area contributed by atoms with Gasteiger partial charge in [0.1, 0.15) is 0 Å². The summed E-state index contributed by atoms with van der Waals surface area (Å²) >= 11 is 0. The molecule has 0 saturated carbocycles. The Kier molecular flexibility index (Phi) is 5.14. The number of hydrogen-bond donors (Lipinski definition) is 2. The molecule has 2 heterocycles. The molecule has 0 radical (unpaired) electrons. The number of benzene rings is 1. The summed E-state index contributed by atoms with van der Waals surface area (Å²) in [5, 5.41) is 6.61. The molecule has 132 valence electrons. The van der Waals surface area contributed by atoms with E-state index in [4.69, 9.17) is 19.9 Å². The molecule has 9 nitrogen and oxygen atoms in total. The summed E-state index contributed by atoms with van der Waals surface area (Å²) in [5.74, 6) is 0.232. The van der Waals surface area contributed by atoms with Crippen molar-refractivity contribution in [3.05, 3.63) is 30.6 Å². The van der Waals surface area contributed by atoms with Gasteiger partial charge in [-0.25, -0.2) is 4.79 Å². The summed E-state index contributed by atoms with van der Waals surface area (Å²) in [4.78, 5) is 24.9. The lowest BCUT2D eigenvalue weighted by molar-refractivity contribution is -0.137. The van der Waals surface area contributed by atoms with Crippen molar-refractivity contribution in [1.29, 1.82) is 0 Å². The third kappa shape index (κ3) is 4.27. The normalized spacial score (nSPS) is 14.2. The highest BCUT2D eigenvalue weighted by Gasteiger charge is 2.19. The smallest absolute Gasteiger partial charge is 0.410 e. The first-order valence-electron chi connectivity index (χ1n) is 7.72. The molecular weight excluding hydrogens is 328 g/mol. The Labute approximate surface area is 143 Å². The first-order chi connectivity index (χ1) is 12.1. The SMILES string of the molecule is NC(=O)Oc1ccc(-c2cn[nH]c2)cc1OCC(=O)N1CCOCC1. The molecule has 3 N–H and O–H groups in total. The standard InChI is InChI=1S/C16H18N4O5/c17-16(22)25-13-2-1-11(12-8-18-19-9-12)7-14(13)24-10-15(21)20-3-5-23-6-4-20/h1-2,7-9H,3-6,10H2,(H2,17,22)(H,18,19). The zero-order valence-corrected chi connectivity index (χ0v) is 13.4. The predicted octanol–water partition coefficient (Wildman–Crippen LogP) is 0.772. The summed E-state index contributed by atoms with van der Waals surface area (Å²) in [7, 11) is 0. The molecule has 3 rings (SSSR count). The van der Waals surface area contributed by atoms with E-state index in [-0.39, 0.29) is 24.0 Å². The molecule has 1 saturated heterocycles. The molecule has 0 unspecified atom stereocenters. The van der Waals surface area contributed by atoms with Gasteiger partial charge in [-0.05, 0) is 17.7 Å². The van der Waals surface area contributed by atoms with E-state index in [1.165, 1.54) is 0 Å². The van der Waals surface area contributed by atoms with Crippen molar-refractivity contribution in [2.45, 2.75) is 0 Å². The second-order valence-electron chi connectivity index (χ2n) is 5.35. The van der Waals surface area contributed by atoms with Gasteiger partial charge in [0.25, 0.3) is 5.91 Å². The lowest BCUT2D eigenvalue weighted by Gasteiger charge is -2.26. The Hall–Kier alpha value is -3.07. The number of carbonyl (C=O) groups excluding carboxylic acids is 2. The van der Waals surface area contributed by atoms with Crippen molar-refractivity contribution in [2.75, 3.05) is 32.9 Å². The fourth-order valence-corrected chi connectivity index (χ4v) is 2.45. The van der Waals surface area contributed by atoms with Crippen LogP contribution in [-0.4, -0.2) is 60.0 Å². The molecule has 0 aliphatic carbocycles. The number of carbonyl (C=O) groups is 2. The predicted molar refractivity (Wildman–Crippen MR) is 87.1 cm³/mol. The number of primary amides is 1. The molecule has 0 bridgehead atoms. The Balaban J connectivity index is 1.75. The van der Waals surface area contributed by atoms with Crippen molar-refractivity contribution in [3.8, 4) is 22.6 Å². The highest BCUT2D eigenvalue weighted by Crippen LogP contribution is 2.32. The Morgan fingerprint density at radius 1 is 1.24 bits per heavy atom. The van der Waals surface area contributed by atoms with E-state index in [0.29, 0.717) is 26.3 Å². The lowest BCUT2D eigenvalue weighted by atomic mass is 10.1. The Morgan fingerprint density at radius 2 is 2.04 bits per heavy atom. The first-order valence-corrected chi connectivity index (χ1v) is 7.72. The highest BCUT2D eigenvalue weighted by atomic mass is 16.6. The number of rotatable bonds is 5. The number of aromatic amines is 1. The van der Waals surface area contributed by atoms with E-state index < -0.39 is 6.09 Å². The average Bonchev–Trinajstić information content (AvgIpc) is 3.15. The van der Waals surface area contributed by atoms with Crippen LogP contribution < -0.4 is 15.2 Å². The molecule has 1 aromatic carbocycles. The van der Waals surface area contributed by atoms with Crippen LogP contribution in [0.25, 0.3) is 11.1 Å². The van der Waals surface area contributed by atoms with Crippen molar-refractivity contribution < 1.29 is 23.8 Å². The van der Waals surface area contributed by atoms with Crippen LogP contribution in [0.15, 0.2) is 30.6 Å². The maximum atomic E-state index is 12.2. The molecule has 1 aromatic heterocycles. The van der Waals surface area contributed by atoms with Gasteiger partial charge in [-0.2, -0.15) is 5.10 Å². The van der Waals surface area contributed by atoms with Crippen LogP contribution in [-0.2, 0) is 9.53 Å². The van der Waals surface area contributed by atoms with Crippen molar-refractivity contribution in [1.82, 2.24) is 15.1 Å². The molecular formula is C16H18N4O5. The van der Waals surface area contributed by atoms with Gasteiger partial charge in [0.15, 0.2) is 18.1 Å². The molecule has 1 fully saturated rings. The van der Waals surface area contributed by atoms with E-state index in [1.54, 1.807) is 35.5 Å². The van der Waals surface area contributed by atoms with Gasteiger partial charge in [0, 0.05) is 24.8 Å². The van der Waals surface area contributed by atoms with Crippen LogP contribution in [0, 0.1) is 0 Å². The summed E-state index contributed by atoms with van der Waals surface area (Å²) in [6, 6.07) is 4.96. The fourth-order valence-electron chi connectivity index (χ4n) is 2.45. The van der Waals surface area contributed by atoms with Gasteiger partial charge < -0.3 is 24.8 Å². The van der Waals surface area contributed by atoms with Crippen LogP contribution in [0.2, 0.25) is 0 Å². The third-order valence-electron chi connectivity index (χ3n) is 3.70. The second kappa shape index (κ2) is 7.67. The summed E-state index contributed by atoms with van der Waals surface area (Å²) in [5.41, 5.74) is 6.70. The quantitative estimate of drug-likeness (QED) is 0.825. The summed E-state index contributed by atoms with van der Waals surface area (Å²) in [6.45, 7) is 1.91. The summed E-state index contributed by atoms with van der Waals surface area (Å²) in [6.07, 6.45) is 2.40. The van der Waals surface area contributed by atoms with Gasteiger partial charge in [-0.1, -0.05) is 6.07 Å². The van der Waals surface area contributed by atoms with E-state index in [2.05, 4.69) is 10.2 Å². The van der Waals surface area contributed by atoms with E-state index >= 15 is 0 Å². The van der Waals surface area contributed by atoms with E-state index in [0.717, 1.165) is 11.1 Å². The van der Waals surface area contributed by atoms with Crippen LogP contribution in [0.4, 0.5) is 4.79 Å². The molecule has 2 aromatic rings. The fraction of sp³-hybridized carbons (Fsp3) is 0.312. The van der Waals surface area contributed by atoms with Crippen LogP contribution >= 0.6 is 0 Å². The number of amides is 2. The molecule has 2 amide bonds. The molecule has 1 aliphatic rings. The Bertz CT molecular complexity index is 741. The average molecular weight is 346 g/mol. The highest BCUT2D eigenvalue weighted by molar-refractivity contribution is 5.78. The number of nitrogens with zero attached hydrogens (tertiary/aromatic N) is 2. The maximum absolute atomic E-state index is 12.2. The Morgan fingerprint density at radius 3 is 2.72 bits per heavy atom. The summed E-state index contributed by atoms with van der Waals surface area (Å²) < 4.78 is 15.8. The number of aromatic nitrogens is 2. The van der Waals surface area contributed by atoms with Crippen LogP contribution in [0.1, 0.15) is 0 Å². The number of morpholine rings is 1. The minimum absolute atomic E-state index is 0.148. The second-order valence-corrected chi connectivity index (χ2v) is 5.35. The molecule has 0 spiro atoms. The number of H-pyrrole nitrogens is 1. The minimum Gasteiger partial charge on any atom is -0.480 e. The molecule has 1 aliphatic heterocycles. The monoisotopic (exact) mass is 346 g/mol. The minimum atomic E-state index is -0.958. The zero-order chi connectivity index (χ0) is 17.6. The number of hydrogen-bond acceptors (Lipinski definition) is 6. The molecule has 25 heavy (non-hydrogen) atoms. The molecule has 0 atom stereocenters. The zero-order valence-electron chi connectivity index (χ0n) is 13.4. The third-order valence-corrected chi connectivity index (χ3v) is 3.70. The lowest BCUT2D eigenvalue weighted by Crippen LogP contribution is -2.43. The van der Waals surface area contributed by atoms with Crippen LogP contribution in [0.3, 0.4) is 0 Å². The van der Waals surface area contributed by atoms with Crippen molar-refractivity contribution >= 4 is 12.0 Å². The maximum Gasteiger partial charge on any atom is 0.410 e. The van der Waals surface area contributed by atoms with Crippen molar-refractivity contribution in [2.24, 2.45) is 5.73 Å². The van der Waals surface area contributed by atoms with Gasteiger partial charge in [-0.3, -0.25) is 9.89 Å². The van der Waals surface area contributed by atoms with Gasteiger partial charge in [0.2, 0.25) is 0 Å². The van der Waals surface area contributed by atoms with E-state index in [1.807, 2.05) is 0 Å². The van der Waals surface area contributed by atoms with Gasteiger partial charge in [0.05, 0.1) is 19.4 Å².